The average molecular weight is 223 g/mol. The second-order valence-corrected chi connectivity index (χ2v) is 4.74. The number of hydrogen-bond acceptors (Lipinski definition) is 2. The molecule has 0 fully saturated rings. The number of thiophene rings is 1. The maximum atomic E-state index is 13.1. The molecule has 0 radical (unpaired) electrons. The summed E-state index contributed by atoms with van der Waals surface area (Å²) >= 11 is 1.68. The molecule has 2 aromatic rings. The second kappa shape index (κ2) is 4.29. The highest BCUT2D eigenvalue weighted by Crippen LogP contribution is 2.32. The molecule has 1 nitrogen and oxygen atoms in total. The summed E-state index contributed by atoms with van der Waals surface area (Å²) in [6.45, 7) is 2.68. The highest BCUT2D eigenvalue weighted by molar-refractivity contribution is 7.19. The van der Waals surface area contributed by atoms with Gasteiger partial charge in [0.1, 0.15) is 5.82 Å². The minimum Gasteiger partial charge on any atom is -0.326 e. The lowest BCUT2D eigenvalue weighted by Gasteiger charge is -2.00. The Hall–Kier alpha value is -0.930. The quantitative estimate of drug-likeness (QED) is 0.847. The van der Waals surface area contributed by atoms with Gasteiger partial charge in [0.25, 0.3) is 0 Å². The van der Waals surface area contributed by atoms with Crippen LogP contribution in [0.3, 0.4) is 0 Å². The van der Waals surface area contributed by atoms with Crippen molar-refractivity contribution in [2.75, 3.05) is 0 Å². The van der Waals surface area contributed by atoms with Gasteiger partial charge in [0.05, 0.1) is 0 Å². The Kier molecular flexibility index (Phi) is 3.03. The summed E-state index contributed by atoms with van der Waals surface area (Å²) in [5.41, 5.74) is 6.94. The Morgan fingerprint density at radius 3 is 2.87 bits per heavy atom. The van der Waals surface area contributed by atoms with Gasteiger partial charge in [-0.15, -0.1) is 11.3 Å². The van der Waals surface area contributed by atoms with E-state index in [4.69, 9.17) is 5.73 Å². The molecular weight excluding hydrogens is 209 g/mol. The molecule has 80 valence electrons. The molecule has 0 aliphatic carbocycles. The van der Waals surface area contributed by atoms with Crippen LogP contribution in [0, 0.1) is 5.82 Å². The number of benzene rings is 1. The van der Waals surface area contributed by atoms with Crippen molar-refractivity contribution in [1.82, 2.24) is 0 Å². The topological polar surface area (TPSA) is 26.0 Å². The van der Waals surface area contributed by atoms with Crippen LogP contribution in [0.5, 0.6) is 0 Å². The van der Waals surface area contributed by atoms with E-state index in [0.717, 1.165) is 22.9 Å². The second-order valence-electron chi connectivity index (χ2n) is 3.60. The monoisotopic (exact) mass is 223 g/mol. The molecule has 0 saturated carbocycles. The van der Waals surface area contributed by atoms with Crippen LogP contribution in [0.25, 0.3) is 10.1 Å². The number of nitrogens with two attached hydrogens (primary N) is 1. The van der Waals surface area contributed by atoms with Gasteiger partial charge < -0.3 is 5.73 Å². The summed E-state index contributed by atoms with van der Waals surface area (Å²) in [4.78, 5) is 1.19. The highest BCUT2D eigenvalue weighted by atomic mass is 32.1. The van der Waals surface area contributed by atoms with E-state index >= 15 is 0 Å². The maximum absolute atomic E-state index is 13.1. The average Bonchev–Trinajstić information content (AvgIpc) is 2.57. The van der Waals surface area contributed by atoms with E-state index in [1.54, 1.807) is 17.4 Å². The lowest BCUT2D eigenvalue weighted by atomic mass is 10.1. The summed E-state index contributed by atoms with van der Waals surface area (Å²) in [6, 6.07) is 4.97. The van der Waals surface area contributed by atoms with E-state index in [-0.39, 0.29) is 5.82 Å². The molecule has 15 heavy (non-hydrogen) atoms. The number of hydrogen-bond donors (Lipinski definition) is 1. The summed E-state index contributed by atoms with van der Waals surface area (Å²) < 4.78 is 14.3. The molecular formula is C12H14FNS. The first kappa shape index (κ1) is 10.6. The largest absolute Gasteiger partial charge is 0.326 e. The summed E-state index contributed by atoms with van der Waals surface area (Å²) in [7, 11) is 0. The van der Waals surface area contributed by atoms with Crippen molar-refractivity contribution in [3.8, 4) is 0 Å². The first-order valence-electron chi connectivity index (χ1n) is 5.16. The van der Waals surface area contributed by atoms with Crippen molar-refractivity contribution in [1.29, 1.82) is 0 Å². The van der Waals surface area contributed by atoms with Crippen molar-refractivity contribution in [2.24, 2.45) is 5.73 Å². The molecule has 0 saturated heterocycles. The normalized spacial score (nSPS) is 11.1. The lowest BCUT2D eigenvalue weighted by Crippen LogP contribution is -1.97. The molecule has 0 unspecified atom stereocenters. The standard InChI is InChI=1S/C12H14FNS/c1-2-3-9-10-6-8(13)4-5-11(10)15-12(9)7-14/h4-6H,2-3,7,14H2,1H3. The first-order chi connectivity index (χ1) is 7.26. The minimum absolute atomic E-state index is 0.166. The van der Waals surface area contributed by atoms with Crippen molar-refractivity contribution >= 4 is 21.4 Å². The smallest absolute Gasteiger partial charge is 0.123 e. The van der Waals surface area contributed by atoms with Crippen LogP contribution in [0.2, 0.25) is 0 Å². The Bertz CT molecular complexity index is 476. The van der Waals surface area contributed by atoms with Gasteiger partial charge >= 0.3 is 0 Å². The highest BCUT2D eigenvalue weighted by Gasteiger charge is 2.10. The fourth-order valence-electron chi connectivity index (χ4n) is 1.86. The molecule has 2 rings (SSSR count). The van der Waals surface area contributed by atoms with E-state index in [9.17, 15) is 4.39 Å². The van der Waals surface area contributed by atoms with Crippen LogP contribution in [0.15, 0.2) is 18.2 Å². The molecule has 0 amide bonds. The van der Waals surface area contributed by atoms with Crippen LogP contribution in [-0.2, 0) is 13.0 Å². The van der Waals surface area contributed by atoms with E-state index in [1.165, 1.54) is 16.5 Å². The predicted molar refractivity (Wildman–Crippen MR) is 63.7 cm³/mol. The van der Waals surface area contributed by atoms with E-state index < -0.39 is 0 Å². The van der Waals surface area contributed by atoms with Crippen molar-refractivity contribution in [3.63, 3.8) is 0 Å². The molecule has 0 spiro atoms. The van der Waals surface area contributed by atoms with Crippen LogP contribution in [0.1, 0.15) is 23.8 Å². The van der Waals surface area contributed by atoms with Gasteiger partial charge in [0.15, 0.2) is 0 Å². The maximum Gasteiger partial charge on any atom is 0.123 e. The van der Waals surface area contributed by atoms with Gasteiger partial charge in [-0.2, -0.15) is 0 Å². The summed E-state index contributed by atoms with van der Waals surface area (Å²) in [5.74, 6) is -0.166. The van der Waals surface area contributed by atoms with Gasteiger partial charge in [-0.05, 0) is 35.6 Å². The fourth-order valence-corrected chi connectivity index (χ4v) is 2.97. The van der Waals surface area contributed by atoms with Crippen LogP contribution in [0.4, 0.5) is 4.39 Å². The predicted octanol–water partition coefficient (Wildman–Crippen LogP) is 3.45. The van der Waals surface area contributed by atoms with Crippen LogP contribution < -0.4 is 5.73 Å². The van der Waals surface area contributed by atoms with Crippen LogP contribution in [-0.4, -0.2) is 0 Å². The third-order valence-electron chi connectivity index (χ3n) is 2.52. The zero-order valence-electron chi connectivity index (χ0n) is 8.72. The van der Waals surface area contributed by atoms with Crippen molar-refractivity contribution in [3.05, 3.63) is 34.5 Å². The number of rotatable bonds is 3. The molecule has 1 heterocycles. The minimum atomic E-state index is -0.166. The molecule has 0 aliphatic heterocycles. The van der Waals surface area contributed by atoms with Crippen molar-refractivity contribution in [2.45, 2.75) is 26.3 Å². The SMILES string of the molecule is CCCc1c(CN)sc2ccc(F)cc12. The first-order valence-corrected chi connectivity index (χ1v) is 5.97. The number of halogens is 1. The van der Waals surface area contributed by atoms with Crippen molar-refractivity contribution < 1.29 is 4.39 Å². The summed E-state index contributed by atoms with van der Waals surface area (Å²) in [6.07, 6.45) is 2.05. The van der Waals surface area contributed by atoms with Gasteiger partial charge in [-0.1, -0.05) is 13.3 Å². The third-order valence-corrected chi connectivity index (χ3v) is 3.76. The Morgan fingerprint density at radius 2 is 2.20 bits per heavy atom. The van der Waals surface area contributed by atoms with Gasteiger partial charge in [-0.25, -0.2) is 4.39 Å². The van der Waals surface area contributed by atoms with Gasteiger partial charge in [-0.3, -0.25) is 0 Å². The molecule has 2 N–H and O–H groups in total. The molecule has 0 bridgehead atoms. The number of aryl methyl sites for hydroxylation is 1. The molecule has 0 aliphatic rings. The van der Waals surface area contributed by atoms with E-state index in [1.807, 2.05) is 6.07 Å². The summed E-state index contributed by atoms with van der Waals surface area (Å²) in [5, 5.41) is 1.04. The Labute approximate surface area is 92.7 Å². The van der Waals surface area contributed by atoms with Gasteiger partial charge in [0, 0.05) is 16.1 Å². The fraction of sp³-hybridized carbons (Fsp3) is 0.333. The third kappa shape index (κ3) is 1.90. The molecule has 0 atom stereocenters. The molecule has 1 aromatic carbocycles. The lowest BCUT2D eigenvalue weighted by molar-refractivity contribution is 0.629. The van der Waals surface area contributed by atoms with E-state index in [0.29, 0.717) is 6.54 Å². The zero-order valence-corrected chi connectivity index (χ0v) is 9.53. The van der Waals surface area contributed by atoms with Crippen LogP contribution >= 0.6 is 11.3 Å². The Balaban J connectivity index is 2.65. The molecule has 3 heteroatoms. The zero-order chi connectivity index (χ0) is 10.8. The molecule has 1 aromatic heterocycles. The van der Waals surface area contributed by atoms with E-state index in [2.05, 4.69) is 6.92 Å². The number of fused-ring (bicyclic) bond motifs is 1. The van der Waals surface area contributed by atoms with Gasteiger partial charge in [0.2, 0.25) is 0 Å². The Morgan fingerprint density at radius 1 is 1.40 bits per heavy atom.